The van der Waals surface area contributed by atoms with Crippen LogP contribution in [0.5, 0.6) is 0 Å². The van der Waals surface area contributed by atoms with Gasteiger partial charge in [-0.2, -0.15) is 0 Å². The molecule has 1 aromatic rings. The molecule has 1 aliphatic heterocycles. The molecule has 1 aromatic heterocycles. The molecule has 6 atom stereocenters. The number of amides is 5. The number of hydrogen-bond acceptors (Lipinski definition) is 8. The number of alkyl halides is 2. The van der Waals surface area contributed by atoms with E-state index >= 15 is 0 Å². The minimum absolute atomic E-state index is 0.0144. The highest BCUT2D eigenvalue weighted by Gasteiger charge is 2.52. The summed E-state index contributed by atoms with van der Waals surface area (Å²) < 4.78 is 27.0. The molecule has 2 unspecified atom stereocenters. The fraction of sp³-hybridized carbons (Fsp3) is 0.688. The number of nitrogens with zero attached hydrogens (tertiary/aromatic N) is 3. The number of ketones is 1. The first-order valence-corrected chi connectivity index (χ1v) is 16.2. The molecule has 0 bridgehead atoms. The minimum atomic E-state index is -2.97. The van der Waals surface area contributed by atoms with E-state index in [0.717, 1.165) is 12.8 Å². The summed E-state index contributed by atoms with van der Waals surface area (Å²) in [6, 6.07) is -5.21. The fourth-order valence-electron chi connectivity index (χ4n) is 6.39. The number of carbonyl (C=O) groups excluding carboxylic acids is 6. The van der Waals surface area contributed by atoms with E-state index in [0.29, 0.717) is 19.3 Å². The zero-order valence-corrected chi connectivity index (χ0v) is 27.4. The molecule has 47 heavy (non-hydrogen) atoms. The highest BCUT2D eigenvalue weighted by Crippen LogP contribution is 2.43. The molecule has 13 nitrogen and oxygen atoms in total. The van der Waals surface area contributed by atoms with Crippen molar-refractivity contribution in [3.8, 4) is 0 Å². The third-order valence-corrected chi connectivity index (χ3v) is 9.06. The smallest absolute Gasteiger partial charge is 0.289 e. The van der Waals surface area contributed by atoms with Crippen molar-refractivity contribution >= 4 is 35.3 Å². The molecule has 0 spiro atoms. The summed E-state index contributed by atoms with van der Waals surface area (Å²) in [5.74, 6) is -5.46. The molecule has 0 radical (unpaired) electrons. The number of rotatable bonds is 13. The molecule has 5 amide bonds. The highest BCUT2D eigenvalue weighted by molar-refractivity contribution is 6.38. The number of fused-ring (bicyclic) bond motifs is 1. The van der Waals surface area contributed by atoms with Crippen molar-refractivity contribution in [3.63, 3.8) is 0 Å². The van der Waals surface area contributed by atoms with Gasteiger partial charge < -0.3 is 26.2 Å². The Balaban J connectivity index is 1.54. The van der Waals surface area contributed by atoms with Gasteiger partial charge in [-0.3, -0.25) is 33.8 Å². The van der Waals surface area contributed by atoms with Crippen molar-refractivity contribution in [1.82, 2.24) is 36.1 Å². The fourth-order valence-corrected chi connectivity index (χ4v) is 6.39. The minimum Gasteiger partial charge on any atom is -0.347 e. The summed E-state index contributed by atoms with van der Waals surface area (Å²) in [6.07, 6.45) is 3.54. The van der Waals surface area contributed by atoms with Gasteiger partial charge in [0, 0.05) is 31.4 Å². The number of likely N-dealkylation sites (tertiary alicyclic amines) is 1. The second-order valence-corrected chi connectivity index (χ2v) is 14.2. The normalized spacial score (nSPS) is 22.7. The summed E-state index contributed by atoms with van der Waals surface area (Å²) in [7, 11) is 0. The van der Waals surface area contributed by atoms with E-state index in [1.165, 1.54) is 23.5 Å². The molecule has 0 aromatic carbocycles. The maximum atomic E-state index is 14.3. The van der Waals surface area contributed by atoms with Crippen molar-refractivity contribution in [1.29, 1.82) is 0 Å². The molecule has 258 valence electrons. The van der Waals surface area contributed by atoms with Crippen molar-refractivity contribution < 1.29 is 37.5 Å². The molecule has 2 heterocycles. The highest BCUT2D eigenvalue weighted by atomic mass is 19.3. The first-order chi connectivity index (χ1) is 22.1. The summed E-state index contributed by atoms with van der Waals surface area (Å²) in [5, 5.41) is 10.3. The standard InChI is InChI=1S/C32H45F2N7O6/c1-16(2)23(39-27(43)21-14-35-11-12-36-21)28(44)40-26(32(3,4)5)31(47)41-15-17-7-6-8-19(17)24(41)29(45)38-20(13-22(33)34)25(42)30(46)37-18-9-10-18/h11-12,14,16-20,22-24,26H,6-10,13,15H2,1-5H3,(H,37,46)(H,38,45)(H,39,43)(H,40,44)/t17-,19-,20?,23+,24?,26+/m0/s1. The van der Waals surface area contributed by atoms with E-state index in [1.54, 1.807) is 34.6 Å². The monoisotopic (exact) mass is 661 g/mol. The van der Waals surface area contributed by atoms with Crippen LogP contribution in [0.2, 0.25) is 0 Å². The third kappa shape index (κ3) is 8.86. The SMILES string of the molecule is CC(C)[C@@H](NC(=O)c1cnccn1)C(=O)N[C@H](C(=O)N1C[C@@H]2CCC[C@@H]2C1C(=O)NC(CC(F)F)C(=O)C(=O)NC1CC1)C(C)(C)C. The molecule has 3 fully saturated rings. The molecule has 4 rings (SSSR count). The van der Waals surface area contributed by atoms with Gasteiger partial charge in [0.2, 0.25) is 29.9 Å². The first-order valence-electron chi connectivity index (χ1n) is 16.2. The summed E-state index contributed by atoms with van der Waals surface area (Å²) in [6.45, 7) is 8.93. The third-order valence-electron chi connectivity index (χ3n) is 9.06. The Kier molecular flexibility index (Phi) is 11.3. The Hall–Kier alpha value is -4.04. The van der Waals surface area contributed by atoms with E-state index in [2.05, 4.69) is 31.2 Å². The van der Waals surface area contributed by atoms with Crippen LogP contribution in [-0.2, 0) is 24.0 Å². The molecular formula is C32H45F2N7O6. The van der Waals surface area contributed by atoms with Gasteiger partial charge in [0.1, 0.15) is 29.9 Å². The van der Waals surface area contributed by atoms with Gasteiger partial charge in [-0.15, -0.1) is 0 Å². The van der Waals surface area contributed by atoms with E-state index in [9.17, 15) is 37.5 Å². The number of aromatic nitrogens is 2. The number of Topliss-reactive ketones (excluding diaryl/α,β-unsaturated/α-hetero) is 1. The number of nitrogens with one attached hydrogen (secondary N) is 4. The van der Waals surface area contributed by atoms with Gasteiger partial charge >= 0.3 is 0 Å². The maximum absolute atomic E-state index is 14.3. The second kappa shape index (κ2) is 14.8. The summed E-state index contributed by atoms with van der Waals surface area (Å²) >= 11 is 0. The van der Waals surface area contributed by atoms with Crippen LogP contribution in [0.15, 0.2) is 18.6 Å². The van der Waals surface area contributed by atoms with Crippen molar-refractivity contribution in [2.45, 2.75) is 110 Å². The van der Waals surface area contributed by atoms with Crippen LogP contribution in [0.25, 0.3) is 0 Å². The Morgan fingerprint density at radius 2 is 1.68 bits per heavy atom. The molecule has 2 aliphatic carbocycles. The lowest BCUT2D eigenvalue weighted by Crippen LogP contribution is -2.62. The number of hydrogen-bond donors (Lipinski definition) is 4. The molecule has 4 N–H and O–H groups in total. The summed E-state index contributed by atoms with van der Waals surface area (Å²) in [5.41, 5.74) is -0.836. The molecular weight excluding hydrogens is 616 g/mol. The predicted octanol–water partition coefficient (Wildman–Crippen LogP) is 1.38. The van der Waals surface area contributed by atoms with E-state index in [1.807, 2.05) is 0 Å². The van der Waals surface area contributed by atoms with Crippen LogP contribution in [0.3, 0.4) is 0 Å². The molecule has 3 aliphatic rings. The van der Waals surface area contributed by atoms with Crippen LogP contribution in [0, 0.1) is 23.2 Å². The van der Waals surface area contributed by atoms with Crippen molar-refractivity contribution in [2.24, 2.45) is 23.2 Å². The predicted molar refractivity (Wildman–Crippen MR) is 165 cm³/mol. The van der Waals surface area contributed by atoms with E-state index in [-0.39, 0.29) is 36.0 Å². The largest absolute Gasteiger partial charge is 0.347 e. The molecule has 2 saturated carbocycles. The lowest BCUT2D eigenvalue weighted by atomic mass is 9.85. The Labute approximate surface area is 272 Å². The average molecular weight is 662 g/mol. The number of carbonyl (C=O) groups is 6. The summed E-state index contributed by atoms with van der Waals surface area (Å²) in [4.78, 5) is 89.1. The van der Waals surface area contributed by atoms with Crippen molar-refractivity contribution in [2.75, 3.05) is 6.54 Å². The van der Waals surface area contributed by atoms with Crippen LogP contribution in [0.1, 0.15) is 83.6 Å². The van der Waals surface area contributed by atoms with Crippen LogP contribution in [-0.4, -0.2) is 93.4 Å². The van der Waals surface area contributed by atoms with Gasteiger partial charge in [0.15, 0.2) is 0 Å². The Morgan fingerprint density at radius 1 is 0.979 bits per heavy atom. The van der Waals surface area contributed by atoms with E-state index < -0.39 is 77.7 Å². The first kappa shape index (κ1) is 35.8. The topological polar surface area (TPSA) is 180 Å². The lowest BCUT2D eigenvalue weighted by Gasteiger charge is -2.37. The van der Waals surface area contributed by atoms with Crippen LogP contribution < -0.4 is 21.3 Å². The van der Waals surface area contributed by atoms with Crippen LogP contribution >= 0.6 is 0 Å². The second-order valence-electron chi connectivity index (χ2n) is 14.2. The van der Waals surface area contributed by atoms with Gasteiger partial charge in [-0.25, -0.2) is 13.8 Å². The molecule has 1 saturated heterocycles. The van der Waals surface area contributed by atoms with Gasteiger partial charge in [-0.1, -0.05) is 41.0 Å². The van der Waals surface area contributed by atoms with E-state index in [4.69, 9.17) is 0 Å². The quantitative estimate of drug-likeness (QED) is 0.229. The maximum Gasteiger partial charge on any atom is 0.289 e. The van der Waals surface area contributed by atoms with Gasteiger partial charge in [0.25, 0.3) is 11.8 Å². The lowest BCUT2D eigenvalue weighted by molar-refractivity contribution is -0.146. The number of halogens is 2. The average Bonchev–Trinajstić information content (AvgIpc) is 3.57. The Morgan fingerprint density at radius 3 is 2.26 bits per heavy atom. The zero-order valence-electron chi connectivity index (χ0n) is 27.4. The van der Waals surface area contributed by atoms with Gasteiger partial charge in [0.05, 0.1) is 6.20 Å². The van der Waals surface area contributed by atoms with Crippen molar-refractivity contribution in [3.05, 3.63) is 24.3 Å². The van der Waals surface area contributed by atoms with Crippen LogP contribution in [0.4, 0.5) is 8.78 Å². The zero-order chi connectivity index (χ0) is 34.6. The van der Waals surface area contributed by atoms with Gasteiger partial charge in [-0.05, 0) is 48.9 Å². The Bertz CT molecular complexity index is 1350. The molecule has 15 heteroatoms.